The van der Waals surface area contributed by atoms with E-state index in [2.05, 4.69) is 20.4 Å². The first-order chi connectivity index (χ1) is 15.7. The highest BCUT2D eigenvalue weighted by molar-refractivity contribution is 6.05. The Balaban J connectivity index is 1.47. The SMILES string of the molecule is Cc1cc(C)n(-c2cc(Oc3ccc(NC(=O)c4ccccc4C(F)(F)F)cc3)ncn2)n1. The van der Waals surface area contributed by atoms with Crippen molar-refractivity contribution in [1.82, 2.24) is 19.7 Å². The van der Waals surface area contributed by atoms with Gasteiger partial charge >= 0.3 is 6.18 Å². The van der Waals surface area contributed by atoms with E-state index in [4.69, 9.17) is 4.74 Å². The normalized spacial score (nSPS) is 11.3. The molecule has 0 saturated heterocycles. The molecule has 0 aliphatic heterocycles. The first kappa shape index (κ1) is 22.0. The Bertz CT molecular complexity index is 1300. The third kappa shape index (κ3) is 5.00. The van der Waals surface area contributed by atoms with E-state index in [1.807, 2.05) is 19.9 Å². The van der Waals surface area contributed by atoms with Gasteiger partial charge in [0.15, 0.2) is 5.82 Å². The minimum atomic E-state index is -4.63. The van der Waals surface area contributed by atoms with Crippen LogP contribution in [0.1, 0.15) is 27.3 Å². The highest BCUT2D eigenvalue weighted by Gasteiger charge is 2.34. The quantitative estimate of drug-likeness (QED) is 0.441. The first-order valence-corrected chi connectivity index (χ1v) is 9.82. The number of aryl methyl sites for hydroxylation is 2. The number of hydrogen-bond acceptors (Lipinski definition) is 5. The zero-order valence-corrected chi connectivity index (χ0v) is 17.6. The summed E-state index contributed by atoms with van der Waals surface area (Å²) in [6.45, 7) is 3.78. The Morgan fingerprint density at radius 2 is 1.73 bits per heavy atom. The van der Waals surface area contributed by atoms with E-state index < -0.39 is 23.2 Å². The smallest absolute Gasteiger partial charge is 0.417 e. The van der Waals surface area contributed by atoms with Crippen molar-refractivity contribution < 1.29 is 22.7 Å². The van der Waals surface area contributed by atoms with Crippen LogP contribution in [0.2, 0.25) is 0 Å². The summed E-state index contributed by atoms with van der Waals surface area (Å²) < 4.78 is 46.9. The monoisotopic (exact) mass is 453 g/mol. The highest BCUT2D eigenvalue weighted by Crippen LogP contribution is 2.32. The summed E-state index contributed by atoms with van der Waals surface area (Å²) in [4.78, 5) is 20.7. The van der Waals surface area contributed by atoms with Crippen LogP contribution in [0.4, 0.5) is 18.9 Å². The Labute approximate surface area is 186 Å². The van der Waals surface area contributed by atoms with Gasteiger partial charge in [-0.25, -0.2) is 14.6 Å². The number of ether oxygens (including phenoxy) is 1. The molecule has 2 heterocycles. The van der Waals surface area contributed by atoms with Crippen molar-refractivity contribution in [3.05, 3.63) is 89.5 Å². The van der Waals surface area contributed by atoms with Crippen LogP contribution in [-0.4, -0.2) is 25.7 Å². The molecule has 0 atom stereocenters. The maximum absolute atomic E-state index is 13.2. The molecule has 0 unspecified atom stereocenters. The predicted molar refractivity (Wildman–Crippen MR) is 115 cm³/mol. The molecule has 0 bridgehead atoms. The van der Waals surface area contributed by atoms with Gasteiger partial charge in [-0.15, -0.1) is 0 Å². The number of nitrogens with zero attached hydrogens (tertiary/aromatic N) is 4. The fraction of sp³-hybridized carbons (Fsp3) is 0.130. The molecule has 4 rings (SSSR count). The summed E-state index contributed by atoms with van der Waals surface area (Å²) in [5.74, 6) is 0.380. The number of nitrogens with one attached hydrogen (secondary N) is 1. The molecule has 33 heavy (non-hydrogen) atoms. The van der Waals surface area contributed by atoms with E-state index >= 15 is 0 Å². The van der Waals surface area contributed by atoms with Gasteiger partial charge in [0.2, 0.25) is 5.88 Å². The van der Waals surface area contributed by atoms with Crippen LogP contribution in [0.3, 0.4) is 0 Å². The molecule has 0 spiro atoms. The van der Waals surface area contributed by atoms with E-state index in [0.717, 1.165) is 23.5 Å². The maximum atomic E-state index is 13.2. The van der Waals surface area contributed by atoms with Crippen LogP contribution in [0.5, 0.6) is 11.6 Å². The largest absolute Gasteiger partial charge is 0.439 e. The number of amides is 1. The molecule has 10 heteroatoms. The van der Waals surface area contributed by atoms with E-state index in [1.54, 1.807) is 22.9 Å². The zero-order valence-electron chi connectivity index (χ0n) is 17.6. The number of benzene rings is 2. The second-order valence-corrected chi connectivity index (χ2v) is 7.18. The Kier molecular flexibility index (Phi) is 5.82. The average Bonchev–Trinajstić information content (AvgIpc) is 3.12. The Hall–Kier alpha value is -4.21. The summed E-state index contributed by atoms with van der Waals surface area (Å²) in [7, 11) is 0. The molecule has 168 valence electrons. The number of hydrogen-bond donors (Lipinski definition) is 1. The lowest BCUT2D eigenvalue weighted by atomic mass is 10.1. The van der Waals surface area contributed by atoms with Gasteiger partial charge in [0.05, 0.1) is 16.8 Å². The second-order valence-electron chi connectivity index (χ2n) is 7.18. The Morgan fingerprint density at radius 3 is 2.39 bits per heavy atom. The standard InChI is InChI=1S/C23H18F3N5O2/c1-14-11-15(2)31(30-14)20-12-21(28-13-27-20)33-17-9-7-16(8-10-17)29-22(32)18-5-3-4-6-19(18)23(24,25)26/h3-13H,1-2H3,(H,29,32). The number of carbonyl (C=O) groups is 1. The van der Waals surface area contributed by atoms with Crippen molar-refractivity contribution >= 4 is 11.6 Å². The van der Waals surface area contributed by atoms with Crippen molar-refractivity contribution in [1.29, 1.82) is 0 Å². The summed E-state index contributed by atoms with van der Waals surface area (Å²) in [6.07, 6.45) is -3.27. The summed E-state index contributed by atoms with van der Waals surface area (Å²) in [5, 5.41) is 6.84. The summed E-state index contributed by atoms with van der Waals surface area (Å²) in [6, 6.07) is 14.3. The molecule has 4 aromatic rings. The van der Waals surface area contributed by atoms with E-state index in [1.165, 1.54) is 30.6 Å². The lowest BCUT2D eigenvalue weighted by Gasteiger charge is -2.13. The lowest BCUT2D eigenvalue weighted by molar-refractivity contribution is -0.137. The van der Waals surface area contributed by atoms with E-state index in [-0.39, 0.29) is 5.88 Å². The van der Waals surface area contributed by atoms with Gasteiger partial charge in [0.1, 0.15) is 12.1 Å². The predicted octanol–water partition coefficient (Wildman–Crippen LogP) is 5.34. The molecular formula is C23H18F3N5O2. The van der Waals surface area contributed by atoms with E-state index in [0.29, 0.717) is 17.3 Å². The molecule has 0 aliphatic carbocycles. The van der Waals surface area contributed by atoms with Crippen LogP contribution < -0.4 is 10.1 Å². The number of aromatic nitrogens is 4. The van der Waals surface area contributed by atoms with Gasteiger partial charge in [-0.3, -0.25) is 4.79 Å². The Morgan fingerprint density at radius 1 is 1.00 bits per heavy atom. The molecule has 0 fully saturated rings. The van der Waals surface area contributed by atoms with Crippen LogP contribution in [0, 0.1) is 13.8 Å². The second kappa shape index (κ2) is 8.73. The fourth-order valence-electron chi connectivity index (χ4n) is 3.22. The lowest BCUT2D eigenvalue weighted by Crippen LogP contribution is -2.18. The minimum Gasteiger partial charge on any atom is -0.439 e. The fourth-order valence-corrected chi connectivity index (χ4v) is 3.22. The summed E-state index contributed by atoms with van der Waals surface area (Å²) in [5.41, 5.74) is 0.622. The molecule has 0 saturated carbocycles. The molecule has 1 N–H and O–H groups in total. The van der Waals surface area contributed by atoms with Crippen molar-refractivity contribution in [3.63, 3.8) is 0 Å². The number of carbonyl (C=O) groups excluding carboxylic acids is 1. The van der Waals surface area contributed by atoms with Gasteiger partial charge < -0.3 is 10.1 Å². The van der Waals surface area contributed by atoms with Gasteiger partial charge in [-0.05, 0) is 56.3 Å². The van der Waals surface area contributed by atoms with E-state index in [9.17, 15) is 18.0 Å². The highest BCUT2D eigenvalue weighted by atomic mass is 19.4. The van der Waals surface area contributed by atoms with Crippen molar-refractivity contribution in [2.75, 3.05) is 5.32 Å². The van der Waals surface area contributed by atoms with Gasteiger partial charge in [0, 0.05) is 17.4 Å². The number of anilines is 1. The molecule has 1 amide bonds. The molecular weight excluding hydrogens is 435 g/mol. The molecule has 2 aromatic carbocycles. The van der Waals surface area contributed by atoms with Crippen LogP contribution in [0.25, 0.3) is 5.82 Å². The first-order valence-electron chi connectivity index (χ1n) is 9.82. The number of halogens is 3. The van der Waals surface area contributed by atoms with Gasteiger partial charge in [0.25, 0.3) is 5.91 Å². The third-order valence-corrected chi connectivity index (χ3v) is 4.67. The average molecular weight is 453 g/mol. The van der Waals surface area contributed by atoms with Crippen molar-refractivity contribution in [2.45, 2.75) is 20.0 Å². The van der Waals surface area contributed by atoms with Gasteiger partial charge in [-0.1, -0.05) is 12.1 Å². The number of alkyl halides is 3. The minimum absolute atomic E-state index is 0.281. The molecule has 2 aromatic heterocycles. The maximum Gasteiger partial charge on any atom is 0.417 e. The van der Waals surface area contributed by atoms with Crippen molar-refractivity contribution in [3.8, 4) is 17.4 Å². The molecule has 7 nitrogen and oxygen atoms in total. The van der Waals surface area contributed by atoms with Gasteiger partial charge in [-0.2, -0.15) is 18.3 Å². The molecule has 0 radical (unpaired) electrons. The number of rotatable bonds is 5. The topological polar surface area (TPSA) is 81.9 Å². The van der Waals surface area contributed by atoms with Crippen LogP contribution >= 0.6 is 0 Å². The van der Waals surface area contributed by atoms with Crippen LogP contribution in [0.15, 0.2) is 67.0 Å². The third-order valence-electron chi connectivity index (χ3n) is 4.67. The zero-order chi connectivity index (χ0) is 23.6. The van der Waals surface area contributed by atoms with Crippen molar-refractivity contribution in [2.24, 2.45) is 0 Å². The molecule has 0 aliphatic rings. The summed E-state index contributed by atoms with van der Waals surface area (Å²) >= 11 is 0. The van der Waals surface area contributed by atoms with Crippen LogP contribution in [-0.2, 0) is 6.18 Å².